The van der Waals surface area contributed by atoms with E-state index in [1.54, 1.807) is 18.2 Å². The molecule has 7 heteroatoms. The summed E-state index contributed by atoms with van der Waals surface area (Å²) in [6.07, 6.45) is 0.947. The molecule has 1 saturated carbocycles. The fourth-order valence-electron chi connectivity index (χ4n) is 3.55. The molecule has 2 N–H and O–H groups in total. The second kappa shape index (κ2) is 7.43. The fraction of sp³-hybridized carbons (Fsp3) is 0.526. The van der Waals surface area contributed by atoms with Gasteiger partial charge in [0.05, 0.1) is 11.8 Å². The van der Waals surface area contributed by atoms with Crippen LogP contribution in [0.15, 0.2) is 24.3 Å². The Morgan fingerprint density at radius 1 is 1.31 bits per heavy atom. The maximum atomic E-state index is 13.8. The van der Waals surface area contributed by atoms with Gasteiger partial charge >= 0.3 is 5.97 Å². The average Bonchev–Trinajstić information content (AvgIpc) is 3.42. The van der Waals surface area contributed by atoms with Gasteiger partial charge in [0.1, 0.15) is 5.82 Å². The second-order valence-electron chi connectivity index (χ2n) is 7.08. The molecular formula is C19H23FN2O4. The number of carbonyl (C=O) groups is 3. The van der Waals surface area contributed by atoms with Crippen LogP contribution < -0.4 is 5.73 Å². The number of nitrogens with two attached hydrogens (primary N) is 1. The van der Waals surface area contributed by atoms with Crippen molar-refractivity contribution >= 4 is 17.8 Å². The van der Waals surface area contributed by atoms with E-state index < -0.39 is 23.9 Å². The number of benzene rings is 1. The Bertz CT molecular complexity index is 723. The number of likely N-dealkylation sites (tertiary alicyclic amines) is 1. The summed E-state index contributed by atoms with van der Waals surface area (Å²) in [5.41, 5.74) is 5.83. The first-order valence-corrected chi connectivity index (χ1v) is 8.91. The number of hydrogen-bond acceptors (Lipinski definition) is 4. The van der Waals surface area contributed by atoms with E-state index in [1.165, 1.54) is 17.9 Å². The van der Waals surface area contributed by atoms with Crippen molar-refractivity contribution in [3.63, 3.8) is 0 Å². The molecule has 1 aliphatic heterocycles. The molecule has 26 heavy (non-hydrogen) atoms. The molecule has 0 radical (unpaired) electrons. The first kappa shape index (κ1) is 18.4. The lowest BCUT2D eigenvalue weighted by molar-refractivity contribution is -0.161. The summed E-state index contributed by atoms with van der Waals surface area (Å²) in [6.45, 7) is 2.30. The van der Waals surface area contributed by atoms with Crippen molar-refractivity contribution in [3.05, 3.63) is 35.6 Å². The standard InChI is InChI=1S/C19H23FN2O4/c1-11(18(24)22-8-4-5-12(10-22)17(21)23)26-19(25)15-9-14(15)13-6-2-3-7-16(13)20/h2-3,6-7,11-12,14-15H,4-5,8-10H2,1H3,(H2,21,23)/t11-,12+,14-,15+/m0/s1. The topological polar surface area (TPSA) is 89.7 Å². The molecule has 1 heterocycles. The van der Waals surface area contributed by atoms with Gasteiger partial charge in [-0.3, -0.25) is 14.4 Å². The number of amides is 2. The smallest absolute Gasteiger partial charge is 0.310 e. The quantitative estimate of drug-likeness (QED) is 0.806. The molecule has 2 amide bonds. The Morgan fingerprint density at radius 2 is 2.04 bits per heavy atom. The van der Waals surface area contributed by atoms with Gasteiger partial charge < -0.3 is 15.4 Å². The van der Waals surface area contributed by atoms with Gasteiger partial charge in [-0.25, -0.2) is 4.39 Å². The highest BCUT2D eigenvalue weighted by Gasteiger charge is 2.47. The van der Waals surface area contributed by atoms with Gasteiger partial charge in [-0.15, -0.1) is 0 Å². The number of primary amides is 1. The molecule has 1 saturated heterocycles. The molecule has 0 unspecified atom stereocenters. The predicted molar refractivity (Wildman–Crippen MR) is 91.3 cm³/mol. The lowest BCUT2D eigenvalue weighted by Crippen LogP contribution is -2.48. The average molecular weight is 362 g/mol. The number of carbonyl (C=O) groups excluding carboxylic acids is 3. The summed E-state index contributed by atoms with van der Waals surface area (Å²) in [5, 5.41) is 0. The number of rotatable bonds is 5. The first-order valence-electron chi connectivity index (χ1n) is 8.91. The molecule has 0 aromatic heterocycles. The molecule has 1 aromatic carbocycles. The summed E-state index contributed by atoms with van der Waals surface area (Å²) in [7, 11) is 0. The third-order valence-corrected chi connectivity index (χ3v) is 5.17. The molecule has 1 aromatic rings. The number of hydrogen-bond donors (Lipinski definition) is 1. The zero-order valence-electron chi connectivity index (χ0n) is 14.7. The maximum absolute atomic E-state index is 13.8. The SMILES string of the molecule is C[C@H](OC(=O)[C@@H]1C[C@H]1c1ccccc1F)C(=O)N1CCC[C@@H](C(N)=O)C1. The van der Waals surface area contributed by atoms with Gasteiger partial charge in [-0.2, -0.15) is 0 Å². The Kier molecular flexibility index (Phi) is 5.25. The van der Waals surface area contributed by atoms with E-state index in [2.05, 4.69) is 0 Å². The summed E-state index contributed by atoms with van der Waals surface area (Å²) in [5.74, 6) is -2.53. The Hall–Kier alpha value is -2.44. The highest BCUT2D eigenvalue weighted by molar-refractivity contribution is 5.86. The Morgan fingerprint density at radius 3 is 2.73 bits per heavy atom. The Labute approximate surface area is 151 Å². The van der Waals surface area contributed by atoms with Crippen LogP contribution in [0.4, 0.5) is 4.39 Å². The summed E-state index contributed by atoms with van der Waals surface area (Å²) in [6, 6.07) is 6.37. The van der Waals surface area contributed by atoms with Crippen molar-refractivity contribution in [3.8, 4) is 0 Å². The number of esters is 1. The van der Waals surface area contributed by atoms with Crippen molar-refractivity contribution in [1.82, 2.24) is 4.90 Å². The fourth-order valence-corrected chi connectivity index (χ4v) is 3.55. The van der Waals surface area contributed by atoms with Crippen LogP contribution in [-0.4, -0.2) is 41.9 Å². The van der Waals surface area contributed by atoms with Crippen LogP contribution in [0.25, 0.3) is 0 Å². The predicted octanol–water partition coefficient (Wildman–Crippen LogP) is 1.58. The van der Waals surface area contributed by atoms with Crippen molar-refractivity contribution < 1.29 is 23.5 Å². The molecule has 140 valence electrons. The van der Waals surface area contributed by atoms with Crippen LogP contribution in [0, 0.1) is 17.7 Å². The lowest BCUT2D eigenvalue weighted by atomic mass is 9.97. The largest absolute Gasteiger partial charge is 0.452 e. The number of nitrogens with zero attached hydrogens (tertiary/aromatic N) is 1. The van der Waals surface area contributed by atoms with Crippen molar-refractivity contribution in [2.45, 2.75) is 38.2 Å². The summed E-state index contributed by atoms with van der Waals surface area (Å²) in [4.78, 5) is 37.6. The normalized spacial score (nSPS) is 26.1. The van der Waals surface area contributed by atoms with Crippen molar-refractivity contribution in [1.29, 1.82) is 0 Å². The Balaban J connectivity index is 1.54. The van der Waals surface area contributed by atoms with Gasteiger partial charge in [0.25, 0.3) is 5.91 Å². The monoisotopic (exact) mass is 362 g/mol. The molecule has 0 spiro atoms. The van der Waals surface area contributed by atoms with E-state index >= 15 is 0 Å². The lowest BCUT2D eigenvalue weighted by Gasteiger charge is -2.32. The zero-order chi connectivity index (χ0) is 18.8. The molecule has 1 aliphatic carbocycles. The van der Waals surface area contributed by atoms with Gasteiger partial charge in [-0.1, -0.05) is 18.2 Å². The van der Waals surface area contributed by atoms with Crippen LogP contribution in [0.5, 0.6) is 0 Å². The van der Waals surface area contributed by atoms with E-state index in [9.17, 15) is 18.8 Å². The van der Waals surface area contributed by atoms with Crippen molar-refractivity contribution in [2.24, 2.45) is 17.6 Å². The second-order valence-corrected chi connectivity index (χ2v) is 7.08. The van der Waals surface area contributed by atoms with Gasteiger partial charge in [-0.05, 0) is 37.8 Å². The summed E-state index contributed by atoms with van der Waals surface area (Å²) >= 11 is 0. The minimum absolute atomic E-state index is 0.194. The van der Waals surface area contributed by atoms with Gasteiger partial charge in [0.15, 0.2) is 6.10 Å². The van der Waals surface area contributed by atoms with Crippen LogP contribution >= 0.6 is 0 Å². The molecule has 2 fully saturated rings. The molecule has 3 rings (SSSR count). The van der Waals surface area contributed by atoms with Crippen molar-refractivity contribution in [2.75, 3.05) is 13.1 Å². The van der Waals surface area contributed by atoms with Crippen LogP contribution in [0.3, 0.4) is 0 Å². The van der Waals surface area contributed by atoms with E-state index in [4.69, 9.17) is 10.5 Å². The van der Waals surface area contributed by atoms with Crippen LogP contribution in [0.2, 0.25) is 0 Å². The van der Waals surface area contributed by atoms with Crippen LogP contribution in [-0.2, 0) is 19.1 Å². The number of halogens is 1. The van der Waals surface area contributed by atoms with E-state index in [0.717, 1.165) is 0 Å². The first-order chi connectivity index (χ1) is 12.4. The maximum Gasteiger partial charge on any atom is 0.310 e. The zero-order valence-corrected chi connectivity index (χ0v) is 14.7. The third-order valence-electron chi connectivity index (χ3n) is 5.17. The molecule has 6 nitrogen and oxygen atoms in total. The molecule has 2 aliphatic rings. The highest BCUT2D eigenvalue weighted by atomic mass is 19.1. The molecular weight excluding hydrogens is 339 g/mol. The number of piperidine rings is 1. The molecule has 4 atom stereocenters. The highest BCUT2D eigenvalue weighted by Crippen LogP contribution is 2.49. The van der Waals surface area contributed by atoms with E-state index in [0.29, 0.717) is 31.4 Å². The summed E-state index contributed by atoms with van der Waals surface area (Å²) < 4.78 is 19.1. The van der Waals surface area contributed by atoms with Gasteiger partial charge in [0.2, 0.25) is 5.91 Å². The molecule has 0 bridgehead atoms. The number of ether oxygens (including phenoxy) is 1. The van der Waals surface area contributed by atoms with E-state index in [1.807, 2.05) is 0 Å². The third kappa shape index (κ3) is 3.86. The van der Waals surface area contributed by atoms with Crippen LogP contribution in [0.1, 0.15) is 37.7 Å². The minimum Gasteiger partial charge on any atom is -0.452 e. The van der Waals surface area contributed by atoms with E-state index in [-0.39, 0.29) is 30.1 Å². The minimum atomic E-state index is -0.934. The van der Waals surface area contributed by atoms with Gasteiger partial charge in [0, 0.05) is 19.0 Å².